The van der Waals surface area contributed by atoms with Crippen molar-refractivity contribution < 1.29 is 4.74 Å². The van der Waals surface area contributed by atoms with Crippen molar-refractivity contribution >= 4 is 23.6 Å². The van der Waals surface area contributed by atoms with Gasteiger partial charge in [-0.15, -0.1) is 0 Å². The number of methoxy groups -OCH3 is 1. The van der Waals surface area contributed by atoms with Crippen LogP contribution in [-0.2, 0) is 0 Å². The number of benzene rings is 3. The normalized spacial score (nSPS) is 11.6. The molecule has 0 aliphatic rings. The van der Waals surface area contributed by atoms with Crippen molar-refractivity contribution in [3.63, 3.8) is 0 Å². The van der Waals surface area contributed by atoms with Gasteiger partial charge in [0.15, 0.2) is 0 Å². The number of aliphatic imine (C=N–C) groups is 1. The van der Waals surface area contributed by atoms with Crippen molar-refractivity contribution in [2.75, 3.05) is 7.11 Å². The molecule has 0 fully saturated rings. The minimum absolute atomic E-state index is 0.831. The average Bonchev–Trinajstić information content (AvgIpc) is 2.67. The van der Waals surface area contributed by atoms with Crippen LogP contribution in [0.2, 0.25) is 0 Å². The van der Waals surface area contributed by atoms with E-state index in [0.717, 1.165) is 28.1 Å². The maximum atomic E-state index is 5.18. The van der Waals surface area contributed by atoms with Crippen LogP contribution in [-0.4, -0.2) is 13.3 Å². The zero-order chi connectivity index (χ0) is 16.6. The van der Waals surface area contributed by atoms with Gasteiger partial charge in [0.2, 0.25) is 0 Å². The van der Waals surface area contributed by atoms with Gasteiger partial charge in [-0.25, -0.2) is 0 Å². The Bertz CT molecular complexity index is 819. The summed E-state index contributed by atoms with van der Waals surface area (Å²) in [5, 5.41) is 0. The van der Waals surface area contributed by atoms with Gasteiger partial charge in [-0.1, -0.05) is 60.7 Å². The molecule has 0 heterocycles. The second-order valence-corrected chi connectivity index (χ2v) is 5.33. The number of nitrogens with zero attached hydrogens (tertiary/aromatic N) is 1. The van der Waals surface area contributed by atoms with Crippen LogP contribution in [0.4, 0.5) is 5.69 Å². The van der Waals surface area contributed by atoms with Gasteiger partial charge in [-0.3, -0.25) is 4.99 Å². The fraction of sp³-hybridized carbons (Fsp3) is 0.0455. The first-order chi connectivity index (χ1) is 11.8. The lowest BCUT2D eigenvalue weighted by Gasteiger charge is -2.04. The number of hydrogen-bond acceptors (Lipinski definition) is 2. The lowest BCUT2D eigenvalue weighted by molar-refractivity contribution is 0.415. The maximum absolute atomic E-state index is 5.18. The first kappa shape index (κ1) is 15.8. The van der Waals surface area contributed by atoms with Gasteiger partial charge < -0.3 is 4.74 Å². The molecule has 0 N–H and O–H groups in total. The van der Waals surface area contributed by atoms with E-state index in [-0.39, 0.29) is 0 Å². The summed E-state index contributed by atoms with van der Waals surface area (Å²) in [5.41, 5.74) is 4.25. The van der Waals surface area contributed by atoms with Crippen LogP contribution in [0.3, 0.4) is 0 Å². The minimum atomic E-state index is 0.831. The van der Waals surface area contributed by atoms with Crippen molar-refractivity contribution in [2.45, 2.75) is 0 Å². The van der Waals surface area contributed by atoms with E-state index in [9.17, 15) is 0 Å². The first-order valence-electron chi connectivity index (χ1n) is 7.85. The highest BCUT2D eigenvalue weighted by atomic mass is 16.5. The highest BCUT2D eigenvalue weighted by Gasteiger charge is 1.99. The monoisotopic (exact) mass is 313 g/mol. The number of ether oxygens (including phenoxy) is 1. The van der Waals surface area contributed by atoms with E-state index in [0.29, 0.717) is 0 Å². The van der Waals surface area contributed by atoms with Gasteiger partial charge in [-0.2, -0.15) is 0 Å². The molecule has 3 aromatic rings. The molecule has 2 heteroatoms. The van der Waals surface area contributed by atoms with E-state index in [1.165, 1.54) is 0 Å². The molecule has 0 atom stereocenters. The summed E-state index contributed by atoms with van der Waals surface area (Å²) in [6.07, 6.45) is 4.05. The molecular weight excluding hydrogens is 294 g/mol. The predicted octanol–water partition coefficient (Wildman–Crippen LogP) is 5.64. The molecule has 0 aromatic heterocycles. The summed E-state index contributed by atoms with van der Waals surface area (Å²) in [7, 11) is 1.66. The first-order valence-corrected chi connectivity index (χ1v) is 7.85. The van der Waals surface area contributed by atoms with Crippen molar-refractivity contribution in [2.24, 2.45) is 4.99 Å². The third-order valence-electron chi connectivity index (χ3n) is 3.65. The van der Waals surface area contributed by atoms with Crippen LogP contribution < -0.4 is 4.74 Å². The van der Waals surface area contributed by atoms with E-state index < -0.39 is 0 Å². The van der Waals surface area contributed by atoms with Crippen LogP contribution in [0.15, 0.2) is 89.9 Å². The van der Waals surface area contributed by atoms with E-state index in [4.69, 9.17) is 4.74 Å². The molecule has 0 saturated heterocycles. The van der Waals surface area contributed by atoms with Gasteiger partial charge in [0, 0.05) is 11.8 Å². The molecule has 0 aliphatic carbocycles. The highest BCUT2D eigenvalue weighted by molar-refractivity contribution is 6.16. The second-order valence-electron chi connectivity index (χ2n) is 5.33. The number of allylic oxidation sites excluding steroid dienone is 1. The zero-order valence-corrected chi connectivity index (χ0v) is 13.6. The van der Waals surface area contributed by atoms with Crippen LogP contribution in [0.1, 0.15) is 11.1 Å². The van der Waals surface area contributed by atoms with Gasteiger partial charge >= 0.3 is 0 Å². The molecule has 0 saturated carbocycles. The average molecular weight is 313 g/mol. The summed E-state index contributed by atoms with van der Waals surface area (Å²) < 4.78 is 5.18. The molecule has 0 radical (unpaired) electrons. The fourth-order valence-electron chi connectivity index (χ4n) is 2.37. The van der Waals surface area contributed by atoms with Crippen LogP contribution >= 0.6 is 0 Å². The second kappa shape index (κ2) is 7.93. The molecule has 0 bridgehead atoms. The third kappa shape index (κ3) is 4.20. The summed E-state index contributed by atoms with van der Waals surface area (Å²) >= 11 is 0. The fourth-order valence-corrected chi connectivity index (χ4v) is 2.37. The van der Waals surface area contributed by atoms with Crippen LogP contribution in [0.5, 0.6) is 5.75 Å². The Kier molecular flexibility index (Phi) is 5.21. The Hall–Kier alpha value is -3.13. The summed E-state index contributed by atoms with van der Waals surface area (Å²) in [5.74, 6) is 0.831. The molecule has 2 nitrogen and oxygen atoms in total. The van der Waals surface area contributed by atoms with E-state index in [1.54, 1.807) is 7.11 Å². The molecule has 0 aliphatic heterocycles. The van der Waals surface area contributed by atoms with E-state index >= 15 is 0 Å². The standard InChI is InChI=1S/C22H19NO/c1-24-22-14-12-21(13-15-22)23-17-20(19-10-6-3-7-11-19)16-18-8-4-2-5-9-18/h2-17H,1H3/b20-16-,23-17?. The molecule has 0 amide bonds. The molecular formula is C22H19NO. The van der Waals surface area contributed by atoms with Crippen molar-refractivity contribution in [1.82, 2.24) is 0 Å². The minimum Gasteiger partial charge on any atom is -0.497 e. The Balaban J connectivity index is 1.92. The number of hydrogen-bond donors (Lipinski definition) is 0. The molecule has 3 rings (SSSR count). The topological polar surface area (TPSA) is 21.6 Å². The SMILES string of the molecule is COc1ccc(N=C/C(=C/c2ccccc2)c2ccccc2)cc1. The molecule has 118 valence electrons. The quantitative estimate of drug-likeness (QED) is 0.441. The smallest absolute Gasteiger partial charge is 0.119 e. The van der Waals surface area contributed by atoms with Crippen molar-refractivity contribution in [3.8, 4) is 5.75 Å². The Morgan fingerprint density at radius 2 is 1.42 bits per heavy atom. The summed E-state index contributed by atoms with van der Waals surface area (Å²) in [4.78, 5) is 4.61. The molecule has 24 heavy (non-hydrogen) atoms. The lowest BCUT2D eigenvalue weighted by Crippen LogP contribution is -1.86. The molecule has 0 unspecified atom stereocenters. The van der Waals surface area contributed by atoms with Crippen molar-refractivity contribution in [3.05, 3.63) is 96.1 Å². The van der Waals surface area contributed by atoms with Gasteiger partial charge in [0.05, 0.1) is 12.8 Å². The Morgan fingerprint density at radius 1 is 0.792 bits per heavy atom. The Labute approximate surface area is 142 Å². The lowest BCUT2D eigenvalue weighted by atomic mass is 10.0. The summed E-state index contributed by atoms with van der Waals surface area (Å²) in [6.45, 7) is 0. The third-order valence-corrected chi connectivity index (χ3v) is 3.65. The predicted molar refractivity (Wildman–Crippen MR) is 102 cm³/mol. The van der Waals surface area contributed by atoms with Crippen molar-refractivity contribution in [1.29, 1.82) is 0 Å². The number of rotatable bonds is 5. The maximum Gasteiger partial charge on any atom is 0.119 e. The highest BCUT2D eigenvalue weighted by Crippen LogP contribution is 2.20. The van der Waals surface area contributed by atoms with Gasteiger partial charge in [-0.05, 0) is 41.5 Å². The van der Waals surface area contributed by atoms with Gasteiger partial charge in [0.1, 0.15) is 5.75 Å². The largest absolute Gasteiger partial charge is 0.497 e. The van der Waals surface area contributed by atoms with E-state index in [1.807, 2.05) is 66.9 Å². The molecule has 3 aromatic carbocycles. The van der Waals surface area contributed by atoms with Gasteiger partial charge in [0.25, 0.3) is 0 Å². The summed E-state index contributed by atoms with van der Waals surface area (Å²) in [6, 6.07) is 28.3. The van der Waals surface area contributed by atoms with Crippen LogP contribution in [0.25, 0.3) is 11.6 Å². The van der Waals surface area contributed by atoms with Crippen LogP contribution in [0, 0.1) is 0 Å². The van der Waals surface area contributed by atoms with E-state index in [2.05, 4.69) is 35.3 Å². The Morgan fingerprint density at radius 3 is 2.04 bits per heavy atom. The zero-order valence-electron chi connectivity index (χ0n) is 13.6. The molecule has 0 spiro atoms.